The first-order valence-corrected chi connectivity index (χ1v) is 12.9. The molecule has 0 radical (unpaired) electrons. The third-order valence-electron chi connectivity index (χ3n) is 5.12. The molecule has 0 aliphatic carbocycles. The highest BCUT2D eigenvalue weighted by atomic mass is 19.1. The molecule has 2 aromatic rings. The highest BCUT2D eigenvalue weighted by Gasteiger charge is 2.28. The number of ether oxygens (including phenoxy) is 2. The topological polar surface area (TPSA) is 99.5 Å². The van der Waals surface area contributed by atoms with Crippen LogP contribution in [0, 0.1) is 5.82 Å². The van der Waals surface area contributed by atoms with Crippen molar-refractivity contribution in [1.29, 1.82) is 0 Å². The average molecular weight is 530 g/mol. The lowest BCUT2D eigenvalue weighted by atomic mass is 10.1. The van der Waals surface area contributed by atoms with Gasteiger partial charge in [0.25, 0.3) is 0 Å². The number of hydrogen-bond donors (Lipinski definition) is 1. The summed E-state index contributed by atoms with van der Waals surface area (Å²) in [5.41, 5.74) is -0.496. The lowest BCUT2D eigenvalue weighted by Crippen LogP contribution is -2.37. The fraction of sp³-hybridized carbons (Fsp3) is 0.517. The summed E-state index contributed by atoms with van der Waals surface area (Å²) in [5.74, 6) is 0.0358. The van der Waals surface area contributed by atoms with Crippen molar-refractivity contribution >= 4 is 18.0 Å². The van der Waals surface area contributed by atoms with Gasteiger partial charge in [-0.2, -0.15) is 0 Å². The van der Waals surface area contributed by atoms with Gasteiger partial charge in [-0.15, -0.1) is 0 Å². The van der Waals surface area contributed by atoms with Gasteiger partial charge in [0.1, 0.15) is 28.6 Å². The van der Waals surface area contributed by atoms with Crippen molar-refractivity contribution in [2.75, 3.05) is 0 Å². The van der Waals surface area contributed by atoms with Crippen molar-refractivity contribution in [3.8, 4) is 11.3 Å². The van der Waals surface area contributed by atoms with E-state index in [0.717, 1.165) is 6.42 Å². The van der Waals surface area contributed by atoms with E-state index in [4.69, 9.17) is 9.47 Å². The monoisotopic (exact) mass is 529 g/mol. The molecule has 0 aliphatic heterocycles. The summed E-state index contributed by atoms with van der Waals surface area (Å²) in [5, 5.41) is 2.81. The zero-order valence-electron chi connectivity index (χ0n) is 23.5. The first kappa shape index (κ1) is 30.7. The number of imidazole rings is 1. The number of aromatic nitrogens is 2. The maximum atomic E-state index is 13.5. The highest BCUT2D eigenvalue weighted by molar-refractivity contribution is 5.78. The van der Waals surface area contributed by atoms with Gasteiger partial charge >= 0.3 is 12.2 Å². The Kier molecular flexibility index (Phi) is 10.8. The minimum absolute atomic E-state index is 0.199. The third-order valence-corrected chi connectivity index (χ3v) is 5.12. The molecule has 1 atom stereocenters. The molecule has 0 aliphatic rings. The number of Topliss-reactive ketones (excluding diaryl/α,β-unsaturated/α-hetero) is 1. The Bertz CT molecular complexity index is 1120. The number of amides is 1. The molecule has 0 spiro atoms. The molecule has 9 heteroatoms. The van der Waals surface area contributed by atoms with E-state index in [-0.39, 0.29) is 18.0 Å². The smallest absolute Gasteiger partial charge is 0.420 e. The molecule has 0 fully saturated rings. The molecule has 1 aromatic heterocycles. The summed E-state index contributed by atoms with van der Waals surface area (Å²) in [6.45, 7) is 12.5. The second-order valence-electron chi connectivity index (χ2n) is 11.1. The number of rotatable bonds is 10. The lowest BCUT2D eigenvalue weighted by Gasteiger charge is -2.24. The minimum atomic E-state index is -0.770. The number of carbonyl (C=O) groups excluding carboxylic acids is 3. The molecular formula is C29H40FN3O5. The standard InChI is InChI=1S/C29H40FN3O5/c1-8-12-22(34)13-10-9-11-14-23(32-26(35)37-28(2,3)4)25-31-24(20-15-17-21(30)18-16-20)19-33(25)27(36)38-29(5,6)7/h9,11,15-19,23H,8,10,12-14H2,1-7H3,(H,32,35)/b11-9+/t23-/m0/s1. The quantitative estimate of drug-likeness (QED) is 0.329. The van der Waals surface area contributed by atoms with Crippen molar-refractivity contribution in [1.82, 2.24) is 14.9 Å². The number of hydrogen-bond acceptors (Lipinski definition) is 6. The zero-order valence-corrected chi connectivity index (χ0v) is 23.5. The largest absolute Gasteiger partial charge is 0.444 e. The van der Waals surface area contributed by atoms with Crippen LogP contribution in [0.15, 0.2) is 42.6 Å². The number of carbonyl (C=O) groups is 3. The molecule has 0 saturated heterocycles. The van der Waals surface area contributed by atoms with E-state index in [0.29, 0.717) is 30.5 Å². The number of allylic oxidation sites excluding steroid dienone is 1. The normalized spacial score (nSPS) is 12.8. The summed E-state index contributed by atoms with van der Waals surface area (Å²) in [7, 11) is 0. The Morgan fingerprint density at radius 1 is 1.00 bits per heavy atom. The second-order valence-corrected chi connectivity index (χ2v) is 11.1. The molecule has 1 amide bonds. The summed E-state index contributed by atoms with van der Waals surface area (Å²) in [4.78, 5) is 42.4. The maximum absolute atomic E-state index is 13.5. The van der Waals surface area contributed by atoms with E-state index in [2.05, 4.69) is 10.3 Å². The average Bonchev–Trinajstić information content (AvgIpc) is 3.22. The third kappa shape index (κ3) is 10.5. The molecule has 8 nitrogen and oxygen atoms in total. The van der Waals surface area contributed by atoms with Crippen molar-refractivity contribution in [2.45, 2.75) is 97.8 Å². The van der Waals surface area contributed by atoms with Crippen molar-refractivity contribution in [2.24, 2.45) is 0 Å². The van der Waals surface area contributed by atoms with Crippen LogP contribution >= 0.6 is 0 Å². The molecule has 1 N–H and O–H groups in total. The SMILES string of the molecule is CCCC(=O)CC/C=C/C[C@H](NC(=O)OC(C)(C)C)c1nc(-c2ccc(F)cc2)cn1C(=O)OC(C)(C)C. The van der Waals surface area contributed by atoms with E-state index >= 15 is 0 Å². The van der Waals surface area contributed by atoms with Crippen LogP contribution in [0.25, 0.3) is 11.3 Å². The number of ketones is 1. The van der Waals surface area contributed by atoms with Gasteiger partial charge in [0.05, 0.1) is 11.7 Å². The van der Waals surface area contributed by atoms with Gasteiger partial charge in [-0.25, -0.2) is 23.5 Å². The Labute approximate surface area is 224 Å². The molecule has 2 rings (SSSR count). The van der Waals surface area contributed by atoms with Gasteiger partial charge in [0, 0.05) is 24.6 Å². The predicted octanol–water partition coefficient (Wildman–Crippen LogP) is 7.13. The maximum Gasteiger partial charge on any atom is 0.420 e. The molecule has 0 saturated carbocycles. The molecule has 0 unspecified atom stereocenters. The van der Waals surface area contributed by atoms with Gasteiger partial charge in [0.15, 0.2) is 0 Å². The van der Waals surface area contributed by atoms with Crippen LogP contribution in [0.1, 0.15) is 92.4 Å². The Balaban J connectivity index is 2.44. The van der Waals surface area contributed by atoms with E-state index in [9.17, 15) is 18.8 Å². The van der Waals surface area contributed by atoms with Crippen LogP contribution in [0.2, 0.25) is 0 Å². The van der Waals surface area contributed by atoms with Crippen LogP contribution in [-0.2, 0) is 14.3 Å². The summed E-state index contributed by atoms with van der Waals surface area (Å²) < 4.78 is 25.8. The van der Waals surface area contributed by atoms with Gasteiger partial charge in [0.2, 0.25) is 0 Å². The number of alkyl carbamates (subject to hydrolysis) is 1. The summed E-state index contributed by atoms with van der Waals surface area (Å²) in [6.07, 6.45) is 6.54. The molecule has 0 bridgehead atoms. The Morgan fingerprint density at radius 2 is 1.63 bits per heavy atom. The van der Waals surface area contributed by atoms with E-state index in [1.165, 1.54) is 22.9 Å². The van der Waals surface area contributed by atoms with Crippen molar-refractivity contribution < 1.29 is 28.2 Å². The number of halogens is 1. The molecular weight excluding hydrogens is 489 g/mol. The Hall–Kier alpha value is -3.49. The van der Waals surface area contributed by atoms with Gasteiger partial charge in [-0.3, -0.25) is 4.79 Å². The number of nitrogens with zero attached hydrogens (tertiary/aromatic N) is 2. The van der Waals surface area contributed by atoms with Crippen LogP contribution in [-0.4, -0.2) is 38.7 Å². The fourth-order valence-corrected chi connectivity index (χ4v) is 3.53. The van der Waals surface area contributed by atoms with Gasteiger partial charge in [-0.05, 0) is 85.1 Å². The number of nitrogens with one attached hydrogen (secondary N) is 1. The Morgan fingerprint density at radius 3 is 2.21 bits per heavy atom. The van der Waals surface area contributed by atoms with Gasteiger partial charge < -0.3 is 14.8 Å². The minimum Gasteiger partial charge on any atom is -0.444 e. The van der Waals surface area contributed by atoms with Crippen molar-refractivity contribution in [3.05, 3.63) is 54.3 Å². The van der Waals surface area contributed by atoms with E-state index in [1.54, 1.807) is 53.7 Å². The number of benzene rings is 1. The first-order chi connectivity index (χ1) is 17.7. The molecule has 1 aromatic carbocycles. The lowest BCUT2D eigenvalue weighted by molar-refractivity contribution is -0.119. The van der Waals surface area contributed by atoms with Crippen LogP contribution in [0.4, 0.5) is 14.0 Å². The second kappa shape index (κ2) is 13.3. The summed E-state index contributed by atoms with van der Waals surface area (Å²) in [6, 6.07) is 4.98. The molecule has 208 valence electrons. The summed E-state index contributed by atoms with van der Waals surface area (Å²) >= 11 is 0. The van der Waals surface area contributed by atoms with E-state index < -0.39 is 35.2 Å². The highest BCUT2D eigenvalue weighted by Crippen LogP contribution is 2.26. The van der Waals surface area contributed by atoms with Crippen LogP contribution in [0.5, 0.6) is 0 Å². The molecule has 38 heavy (non-hydrogen) atoms. The van der Waals surface area contributed by atoms with Crippen LogP contribution in [0.3, 0.4) is 0 Å². The van der Waals surface area contributed by atoms with E-state index in [1.807, 2.05) is 19.1 Å². The fourth-order valence-electron chi connectivity index (χ4n) is 3.53. The van der Waals surface area contributed by atoms with Crippen molar-refractivity contribution in [3.63, 3.8) is 0 Å². The van der Waals surface area contributed by atoms with Gasteiger partial charge in [-0.1, -0.05) is 19.1 Å². The zero-order chi connectivity index (χ0) is 28.5. The molecule has 1 heterocycles. The first-order valence-electron chi connectivity index (χ1n) is 12.9. The predicted molar refractivity (Wildman–Crippen MR) is 144 cm³/mol. The van der Waals surface area contributed by atoms with Crippen LogP contribution < -0.4 is 5.32 Å².